The maximum absolute atomic E-state index is 10.6. The van der Waals surface area contributed by atoms with Gasteiger partial charge in [-0.3, -0.25) is 4.90 Å². The van der Waals surface area contributed by atoms with Crippen LogP contribution in [0.15, 0.2) is 11.6 Å². The lowest BCUT2D eigenvalue weighted by Gasteiger charge is -2.31. The molecule has 0 aliphatic carbocycles. The SMILES string of the molecule is COC1CCCN(C/C=C(/C)C(=O)O)C1. The predicted octanol–water partition coefficient (Wildman–Crippen LogP) is 1.13. The van der Waals surface area contributed by atoms with E-state index in [9.17, 15) is 4.79 Å². The number of carboxylic acids is 1. The second-order valence-electron chi connectivity index (χ2n) is 3.95. The lowest BCUT2D eigenvalue weighted by molar-refractivity contribution is -0.132. The summed E-state index contributed by atoms with van der Waals surface area (Å²) in [6.07, 6.45) is 4.30. The standard InChI is InChI=1S/C11H19NO3/c1-9(11(13)14)5-7-12-6-3-4-10(8-12)15-2/h5,10H,3-4,6-8H2,1-2H3,(H,13,14)/b9-5-. The molecular weight excluding hydrogens is 194 g/mol. The molecule has 4 nitrogen and oxygen atoms in total. The van der Waals surface area contributed by atoms with E-state index in [1.165, 1.54) is 0 Å². The highest BCUT2D eigenvalue weighted by atomic mass is 16.5. The third-order valence-electron chi connectivity index (χ3n) is 2.79. The first-order chi connectivity index (χ1) is 7.13. The van der Waals surface area contributed by atoms with Crippen LogP contribution < -0.4 is 0 Å². The highest BCUT2D eigenvalue weighted by molar-refractivity contribution is 5.85. The molecule has 0 bridgehead atoms. The highest BCUT2D eigenvalue weighted by Crippen LogP contribution is 2.12. The molecular formula is C11H19NO3. The molecule has 0 amide bonds. The summed E-state index contributed by atoms with van der Waals surface area (Å²) < 4.78 is 5.30. The molecule has 1 atom stereocenters. The normalized spacial score (nSPS) is 24.1. The van der Waals surface area contributed by atoms with Crippen LogP contribution in [0.5, 0.6) is 0 Å². The number of hydrogen-bond acceptors (Lipinski definition) is 3. The van der Waals surface area contributed by atoms with Crippen LogP contribution in [0.4, 0.5) is 0 Å². The monoisotopic (exact) mass is 213 g/mol. The molecule has 86 valence electrons. The maximum atomic E-state index is 10.6. The van der Waals surface area contributed by atoms with Crippen LogP contribution in [0.2, 0.25) is 0 Å². The predicted molar refractivity (Wildman–Crippen MR) is 57.9 cm³/mol. The van der Waals surface area contributed by atoms with Crippen LogP contribution in [0, 0.1) is 0 Å². The quantitative estimate of drug-likeness (QED) is 0.711. The van der Waals surface area contributed by atoms with Gasteiger partial charge < -0.3 is 9.84 Å². The zero-order chi connectivity index (χ0) is 11.3. The van der Waals surface area contributed by atoms with Gasteiger partial charge in [0, 0.05) is 25.8 Å². The minimum Gasteiger partial charge on any atom is -0.478 e. The van der Waals surface area contributed by atoms with Gasteiger partial charge in [-0.05, 0) is 26.3 Å². The van der Waals surface area contributed by atoms with Gasteiger partial charge in [0.05, 0.1) is 6.10 Å². The summed E-state index contributed by atoms with van der Waals surface area (Å²) in [6.45, 7) is 4.27. The first-order valence-electron chi connectivity index (χ1n) is 5.28. The number of carbonyl (C=O) groups is 1. The number of hydrogen-bond donors (Lipinski definition) is 1. The van der Waals surface area contributed by atoms with Crippen molar-refractivity contribution in [1.82, 2.24) is 4.90 Å². The van der Waals surface area contributed by atoms with Crippen molar-refractivity contribution in [1.29, 1.82) is 0 Å². The fraction of sp³-hybridized carbons (Fsp3) is 0.727. The van der Waals surface area contributed by atoms with Crippen molar-refractivity contribution in [2.24, 2.45) is 0 Å². The Morgan fingerprint density at radius 3 is 3.00 bits per heavy atom. The molecule has 1 saturated heterocycles. The van der Waals surface area contributed by atoms with Crippen molar-refractivity contribution >= 4 is 5.97 Å². The van der Waals surface area contributed by atoms with Crippen LogP contribution in [-0.2, 0) is 9.53 Å². The highest BCUT2D eigenvalue weighted by Gasteiger charge is 2.18. The molecule has 1 heterocycles. The number of piperidine rings is 1. The number of nitrogens with zero attached hydrogens (tertiary/aromatic N) is 1. The average molecular weight is 213 g/mol. The second-order valence-corrected chi connectivity index (χ2v) is 3.95. The topological polar surface area (TPSA) is 49.8 Å². The molecule has 0 radical (unpaired) electrons. The summed E-state index contributed by atoms with van der Waals surface area (Å²) in [7, 11) is 1.73. The van der Waals surface area contributed by atoms with E-state index < -0.39 is 5.97 Å². The summed E-state index contributed by atoms with van der Waals surface area (Å²) >= 11 is 0. The van der Waals surface area contributed by atoms with E-state index >= 15 is 0 Å². The molecule has 0 aromatic heterocycles. The van der Waals surface area contributed by atoms with E-state index in [1.54, 1.807) is 20.1 Å². The summed E-state index contributed by atoms with van der Waals surface area (Å²) in [5.41, 5.74) is 0.412. The van der Waals surface area contributed by atoms with Gasteiger partial charge in [0.15, 0.2) is 0 Å². The zero-order valence-electron chi connectivity index (χ0n) is 9.40. The Morgan fingerprint density at radius 1 is 1.67 bits per heavy atom. The zero-order valence-corrected chi connectivity index (χ0v) is 9.40. The molecule has 1 unspecified atom stereocenters. The lowest BCUT2D eigenvalue weighted by atomic mass is 10.1. The van der Waals surface area contributed by atoms with Crippen molar-refractivity contribution in [2.75, 3.05) is 26.7 Å². The summed E-state index contributed by atoms with van der Waals surface area (Å²) in [6, 6.07) is 0. The van der Waals surface area contributed by atoms with Gasteiger partial charge in [0.1, 0.15) is 0 Å². The largest absolute Gasteiger partial charge is 0.478 e. The van der Waals surface area contributed by atoms with Crippen molar-refractivity contribution in [2.45, 2.75) is 25.9 Å². The number of ether oxygens (including phenoxy) is 1. The Labute approximate surface area is 90.5 Å². The van der Waals surface area contributed by atoms with Gasteiger partial charge in [0.25, 0.3) is 0 Å². The van der Waals surface area contributed by atoms with E-state index in [0.29, 0.717) is 18.2 Å². The summed E-state index contributed by atoms with van der Waals surface area (Å²) in [5, 5.41) is 8.70. The fourth-order valence-electron chi connectivity index (χ4n) is 1.72. The molecule has 0 aromatic carbocycles. The van der Waals surface area contributed by atoms with E-state index in [1.807, 2.05) is 0 Å². The maximum Gasteiger partial charge on any atom is 0.330 e. The molecule has 0 spiro atoms. The van der Waals surface area contributed by atoms with Crippen LogP contribution in [0.1, 0.15) is 19.8 Å². The lowest BCUT2D eigenvalue weighted by Crippen LogP contribution is -2.39. The van der Waals surface area contributed by atoms with Crippen LogP contribution in [0.3, 0.4) is 0 Å². The average Bonchev–Trinajstić information content (AvgIpc) is 2.26. The molecule has 1 aliphatic heterocycles. The fourth-order valence-corrected chi connectivity index (χ4v) is 1.72. The number of rotatable bonds is 4. The molecule has 1 rings (SSSR count). The van der Waals surface area contributed by atoms with Gasteiger partial charge in [-0.15, -0.1) is 0 Å². The summed E-state index contributed by atoms with van der Waals surface area (Å²) in [5.74, 6) is -0.838. The van der Waals surface area contributed by atoms with Crippen LogP contribution >= 0.6 is 0 Å². The smallest absolute Gasteiger partial charge is 0.330 e. The number of likely N-dealkylation sites (tertiary alicyclic amines) is 1. The van der Waals surface area contributed by atoms with Crippen molar-refractivity contribution in [3.8, 4) is 0 Å². The number of aliphatic carboxylic acids is 1. The van der Waals surface area contributed by atoms with E-state index in [-0.39, 0.29) is 0 Å². The van der Waals surface area contributed by atoms with Crippen LogP contribution in [-0.4, -0.2) is 48.8 Å². The van der Waals surface area contributed by atoms with E-state index in [4.69, 9.17) is 9.84 Å². The Balaban J connectivity index is 2.38. The molecule has 1 fully saturated rings. The molecule has 1 aliphatic rings. The first-order valence-corrected chi connectivity index (χ1v) is 5.28. The molecule has 1 N–H and O–H groups in total. The third kappa shape index (κ3) is 4.01. The van der Waals surface area contributed by atoms with Gasteiger partial charge >= 0.3 is 5.97 Å². The number of carboxylic acid groups (broad SMARTS) is 1. The number of methoxy groups -OCH3 is 1. The van der Waals surface area contributed by atoms with Gasteiger partial charge in [-0.25, -0.2) is 4.79 Å². The molecule has 0 aromatic rings. The Bertz CT molecular complexity index is 250. The van der Waals surface area contributed by atoms with Crippen LogP contribution in [0.25, 0.3) is 0 Å². The molecule has 0 saturated carbocycles. The molecule has 4 heteroatoms. The van der Waals surface area contributed by atoms with Crippen molar-refractivity contribution in [3.05, 3.63) is 11.6 Å². The minimum absolute atomic E-state index is 0.303. The van der Waals surface area contributed by atoms with E-state index in [0.717, 1.165) is 25.9 Å². The third-order valence-corrected chi connectivity index (χ3v) is 2.79. The second kappa shape index (κ2) is 5.88. The Morgan fingerprint density at radius 2 is 2.40 bits per heavy atom. The first kappa shape index (κ1) is 12.2. The van der Waals surface area contributed by atoms with Gasteiger partial charge in [0.2, 0.25) is 0 Å². The minimum atomic E-state index is -0.838. The molecule has 15 heavy (non-hydrogen) atoms. The summed E-state index contributed by atoms with van der Waals surface area (Å²) in [4.78, 5) is 12.8. The van der Waals surface area contributed by atoms with E-state index in [2.05, 4.69) is 4.90 Å². The van der Waals surface area contributed by atoms with Crippen molar-refractivity contribution in [3.63, 3.8) is 0 Å². The van der Waals surface area contributed by atoms with Gasteiger partial charge in [-0.2, -0.15) is 0 Å². The van der Waals surface area contributed by atoms with Crippen molar-refractivity contribution < 1.29 is 14.6 Å². The Kier molecular flexibility index (Phi) is 4.78. The van der Waals surface area contributed by atoms with Gasteiger partial charge in [-0.1, -0.05) is 6.08 Å². The Hall–Kier alpha value is -0.870.